The summed E-state index contributed by atoms with van der Waals surface area (Å²) in [7, 11) is 0. The number of carbonyl (C=O) groups is 2. The fourth-order valence-corrected chi connectivity index (χ4v) is 6.04. The highest BCUT2D eigenvalue weighted by molar-refractivity contribution is 9.11. The van der Waals surface area contributed by atoms with Crippen LogP contribution in [0.15, 0.2) is 130 Å². The first-order valence-electron chi connectivity index (χ1n) is 13.8. The Kier molecular flexibility index (Phi) is 8.91. The minimum Gasteiger partial charge on any atom is -0.483 e. The number of ether oxygens (including phenoxy) is 2. The van der Waals surface area contributed by atoms with Crippen LogP contribution in [0.3, 0.4) is 0 Å². The van der Waals surface area contributed by atoms with E-state index in [-0.39, 0.29) is 25.0 Å². The molecule has 2 amide bonds. The highest BCUT2D eigenvalue weighted by Crippen LogP contribution is 2.34. The molecule has 0 aromatic heterocycles. The standard InChI is InChI=1S/C36H26Br2N2O4/c37-35-29-7-3-1-5-25(29)13-19-31(35)43-21-33(41)39-27-15-9-23(10-16-27)24-11-17-28(18-12-24)40-34(42)22-44-32-20-14-26-6-2-4-8-30(26)36(32)38/h1-20H,21-22H2,(H,39,41)(H,40,42). The van der Waals surface area contributed by atoms with Gasteiger partial charge in [0.2, 0.25) is 0 Å². The highest BCUT2D eigenvalue weighted by atomic mass is 79.9. The van der Waals surface area contributed by atoms with Crippen LogP contribution in [0.5, 0.6) is 11.5 Å². The smallest absolute Gasteiger partial charge is 0.262 e. The van der Waals surface area contributed by atoms with Gasteiger partial charge >= 0.3 is 0 Å². The average Bonchev–Trinajstić information content (AvgIpc) is 3.05. The van der Waals surface area contributed by atoms with Gasteiger partial charge < -0.3 is 20.1 Å². The summed E-state index contributed by atoms with van der Waals surface area (Å²) in [5.41, 5.74) is 3.28. The van der Waals surface area contributed by atoms with E-state index in [9.17, 15) is 9.59 Å². The summed E-state index contributed by atoms with van der Waals surface area (Å²) in [6.45, 7) is -0.229. The van der Waals surface area contributed by atoms with Gasteiger partial charge in [0.15, 0.2) is 13.2 Å². The molecule has 0 radical (unpaired) electrons. The van der Waals surface area contributed by atoms with E-state index in [1.54, 1.807) is 0 Å². The molecule has 0 heterocycles. The highest BCUT2D eigenvalue weighted by Gasteiger charge is 2.11. The number of halogens is 2. The van der Waals surface area contributed by atoms with Crippen LogP contribution in [0.4, 0.5) is 11.4 Å². The van der Waals surface area contributed by atoms with Crippen molar-refractivity contribution in [2.24, 2.45) is 0 Å². The molecule has 0 saturated heterocycles. The Hall–Kier alpha value is -4.66. The monoisotopic (exact) mass is 708 g/mol. The number of rotatable bonds is 9. The van der Waals surface area contributed by atoms with Gasteiger partial charge in [-0.2, -0.15) is 0 Å². The van der Waals surface area contributed by atoms with E-state index in [1.165, 1.54) is 0 Å². The number of benzene rings is 6. The van der Waals surface area contributed by atoms with E-state index in [2.05, 4.69) is 42.5 Å². The number of carbonyl (C=O) groups excluding carboxylic acids is 2. The lowest BCUT2D eigenvalue weighted by molar-refractivity contribution is -0.118. The lowest BCUT2D eigenvalue weighted by atomic mass is 10.0. The van der Waals surface area contributed by atoms with E-state index in [4.69, 9.17) is 9.47 Å². The van der Waals surface area contributed by atoms with Gasteiger partial charge in [0.05, 0.1) is 8.95 Å². The van der Waals surface area contributed by atoms with Gasteiger partial charge in [0, 0.05) is 11.4 Å². The molecule has 218 valence electrons. The molecule has 6 nitrogen and oxygen atoms in total. The molecular weight excluding hydrogens is 684 g/mol. The molecule has 0 bridgehead atoms. The average molecular weight is 710 g/mol. The third kappa shape index (κ3) is 6.77. The topological polar surface area (TPSA) is 76.7 Å². The molecule has 0 atom stereocenters. The number of anilines is 2. The van der Waals surface area contributed by atoms with Crippen LogP contribution >= 0.6 is 31.9 Å². The summed E-state index contributed by atoms with van der Waals surface area (Å²) < 4.78 is 13.2. The van der Waals surface area contributed by atoms with Gasteiger partial charge in [0.1, 0.15) is 11.5 Å². The quantitative estimate of drug-likeness (QED) is 0.157. The zero-order valence-corrected chi connectivity index (χ0v) is 26.5. The minimum atomic E-state index is -0.255. The predicted octanol–water partition coefficient (Wildman–Crippen LogP) is 9.22. The molecule has 0 aliphatic heterocycles. The molecule has 0 spiro atoms. The molecule has 0 fully saturated rings. The minimum absolute atomic E-state index is 0.115. The maximum absolute atomic E-state index is 12.5. The van der Waals surface area contributed by atoms with Gasteiger partial charge in [-0.15, -0.1) is 0 Å². The fourth-order valence-electron chi connectivity index (χ4n) is 4.82. The van der Waals surface area contributed by atoms with Crippen LogP contribution in [-0.2, 0) is 9.59 Å². The van der Waals surface area contributed by atoms with Crippen molar-refractivity contribution in [3.63, 3.8) is 0 Å². The Balaban J connectivity index is 0.998. The molecule has 44 heavy (non-hydrogen) atoms. The Labute approximate surface area is 271 Å². The van der Waals surface area contributed by atoms with Crippen LogP contribution < -0.4 is 20.1 Å². The van der Waals surface area contributed by atoms with E-state index >= 15 is 0 Å². The third-order valence-electron chi connectivity index (χ3n) is 7.04. The van der Waals surface area contributed by atoms with Crippen LogP contribution in [0.25, 0.3) is 32.7 Å². The van der Waals surface area contributed by atoms with Crippen LogP contribution in [-0.4, -0.2) is 25.0 Å². The number of nitrogens with one attached hydrogen (secondary N) is 2. The predicted molar refractivity (Wildman–Crippen MR) is 183 cm³/mol. The van der Waals surface area contributed by atoms with Crippen LogP contribution in [0, 0.1) is 0 Å². The second kappa shape index (κ2) is 13.3. The Morgan fingerprint density at radius 3 is 1.30 bits per heavy atom. The lowest BCUT2D eigenvalue weighted by Crippen LogP contribution is -2.20. The van der Waals surface area contributed by atoms with Gasteiger partial charge in [-0.3, -0.25) is 9.59 Å². The van der Waals surface area contributed by atoms with E-state index in [0.717, 1.165) is 41.6 Å². The molecule has 8 heteroatoms. The lowest BCUT2D eigenvalue weighted by Gasteiger charge is -2.12. The summed E-state index contributed by atoms with van der Waals surface area (Å²) in [6, 6.07) is 38.7. The van der Waals surface area contributed by atoms with Crippen molar-refractivity contribution < 1.29 is 19.1 Å². The molecular formula is C36H26Br2N2O4. The molecule has 6 aromatic rings. The molecule has 0 saturated carbocycles. The Morgan fingerprint density at radius 2 is 0.886 bits per heavy atom. The van der Waals surface area contributed by atoms with Crippen molar-refractivity contribution in [3.8, 4) is 22.6 Å². The molecule has 6 rings (SSSR count). The summed E-state index contributed by atoms with van der Waals surface area (Å²) in [5, 5.41) is 9.97. The van der Waals surface area contributed by atoms with Crippen molar-refractivity contribution in [2.45, 2.75) is 0 Å². The van der Waals surface area contributed by atoms with Crippen molar-refractivity contribution in [3.05, 3.63) is 130 Å². The molecule has 6 aromatic carbocycles. The second-order valence-electron chi connectivity index (χ2n) is 10.0. The van der Waals surface area contributed by atoms with E-state index < -0.39 is 0 Å². The van der Waals surface area contributed by atoms with Crippen LogP contribution in [0.1, 0.15) is 0 Å². The summed E-state index contributed by atoms with van der Waals surface area (Å²) in [4.78, 5) is 25.1. The van der Waals surface area contributed by atoms with Crippen molar-refractivity contribution in [1.29, 1.82) is 0 Å². The van der Waals surface area contributed by atoms with E-state index in [0.29, 0.717) is 22.9 Å². The molecule has 0 unspecified atom stereocenters. The molecule has 0 aliphatic rings. The van der Waals surface area contributed by atoms with Gasteiger partial charge in [-0.05, 0) is 101 Å². The fraction of sp³-hybridized carbons (Fsp3) is 0.0556. The summed E-state index contributed by atoms with van der Waals surface area (Å²) in [5.74, 6) is 0.712. The van der Waals surface area contributed by atoms with Gasteiger partial charge in [-0.25, -0.2) is 0 Å². The third-order valence-corrected chi connectivity index (χ3v) is 8.68. The Bertz CT molecular complexity index is 1830. The number of hydrogen-bond acceptors (Lipinski definition) is 4. The van der Waals surface area contributed by atoms with Crippen LogP contribution in [0.2, 0.25) is 0 Å². The first-order chi connectivity index (χ1) is 21.4. The zero-order chi connectivity index (χ0) is 30.5. The first kappa shape index (κ1) is 29.4. The van der Waals surface area contributed by atoms with Gasteiger partial charge in [-0.1, -0.05) is 84.9 Å². The summed E-state index contributed by atoms with van der Waals surface area (Å²) >= 11 is 7.17. The summed E-state index contributed by atoms with van der Waals surface area (Å²) in [6.07, 6.45) is 0. The van der Waals surface area contributed by atoms with Crippen molar-refractivity contribution >= 4 is 76.6 Å². The van der Waals surface area contributed by atoms with E-state index in [1.807, 2.05) is 121 Å². The zero-order valence-electron chi connectivity index (χ0n) is 23.4. The van der Waals surface area contributed by atoms with Gasteiger partial charge in [0.25, 0.3) is 11.8 Å². The first-order valence-corrected chi connectivity index (χ1v) is 15.4. The normalized spacial score (nSPS) is 10.9. The largest absolute Gasteiger partial charge is 0.483 e. The maximum Gasteiger partial charge on any atom is 0.262 e. The molecule has 2 N–H and O–H groups in total. The molecule has 0 aliphatic carbocycles. The Morgan fingerprint density at radius 1 is 0.500 bits per heavy atom. The van der Waals surface area contributed by atoms with Crippen molar-refractivity contribution in [2.75, 3.05) is 23.8 Å². The second-order valence-corrected chi connectivity index (χ2v) is 11.6. The number of fused-ring (bicyclic) bond motifs is 2. The number of hydrogen-bond donors (Lipinski definition) is 2. The maximum atomic E-state index is 12.5. The number of amides is 2. The SMILES string of the molecule is O=C(COc1ccc2ccccc2c1Br)Nc1ccc(-c2ccc(NC(=O)COc3ccc4ccccc4c3Br)cc2)cc1. The van der Waals surface area contributed by atoms with Crippen molar-refractivity contribution in [1.82, 2.24) is 0 Å².